The van der Waals surface area contributed by atoms with E-state index in [-0.39, 0.29) is 6.04 Å². The van der Waals surface area contributed by atoms with E-state index in [0.717, 1.165) is 18.4 Å². The van der Waals surface area contributed by atoms with E-state index in [4.69, 9.17) is 4.74 Å². The Kier molecular flexibility index (Phi) is 3.60. The zero-order valence-electron chi connectivity index (χ0n) is 11.9. The van der Waals surface area contributed by atoms with Gasteiger partial charge in [0, 0.05) is 18.3 Å². The van der Waals surface area contributed by atoms with Crippen molar-refractivity contribution in [2.24, 2.45) is 0 Å². The van der Waals surface area contributed by atoms with Gasteiger partial charge >= 0.3 is 0 Å². The largest absolute Gasteiger partial charge is 0.373 e. The van der Waals surface area contributed by atoms with Crippen LogP contribution in [-0.4, -0.2) is 32.9 Å². The third-order valence-corrected chi connectivity index (χ3v) is 5.51. The molecule has 0 aromatic heterocycles. The monoisotopic (exact) mass is 295 g/mol. The summed E-state index contributed by atoms with van der Waals surface area (Å²) in [6, 6.07) is 7.78. The van der Waals surface area contributed by atoms with Crippen molar-refractivity contribution in [2.45, 2.75) is 55.4 Å². The molecule has 1 aromatic carbocycles. The number of hydrogen-bond donors (Lipinski definition) is 1. The number of benzene rings is 1. The molecule has 2 saturated heterocycles. The Morgan fingerprint density at radius 2 is 1.95 bits per heavy atom. The van der Waals surface area contributed by atoms with Gasteiger partial charge in [0.05, 0.1) is 17.1 Å². The van der Waals surface area contributed by atoms with Gasteiger partial charge in [-0.25, -0.2) is 8.42 Å². The highest BCUT2D eigenvalue weighted by Crippen LogP contribution is 2.35. The number of sulfone groups is 1. The zero-order chi connectivity index (χ0) is 14.3. The van der Waals surface area contributed by atoms with Gasteiger partial charge < -0.3 is 10.1 Å². The summed E-state index contributed by atoms with van der Waals surface area (Å²) in [5.74, 6) is 0. The van der Waals surface area contributed by atoms with E-state index in [1.165, 1.54) is 12.7 Å². The van der Waals surface area contributed by atoms with E-state index in [1.54, 1.807) is 12.1 Å². The summed E-state index contributed by atoms with van der Waals surface area (Å²) < 4.78 is 28.7. The molecule has 2 fully saturated rings. The number of fused-ring (bicyclic) bond motifs is 2. The average molecular weight is 295 g/mol. The molecule has 2 bridgehead atoms. The molecule has 5 heteroatoms. The molecule has 4 atom stereocenters. The summed E-state index contributed by atoms with van der Waals surface area (Å²) in [4.78, 5) is 0.372. The van der Waals surface area contributed by atoms with Gasteiger partial charge in [0.25, 0.3) is 0 Å². The molecule has 4 nitrogen and oxygen atoms in total. The predicted molar refractivity (Wildman–Crippen MR) is 77.4 cm³/mol. The molecule has 4 unspecified atom stereocenters. The average Bonchev–Trinajstić information content (AvgIpc) is 3.00. The molecule has 0 spiro atoms. The van der Waals surface area contributed by atoms with Crippen LogP contribution in [0.15, 0.2) is 29.2 Å². The molecule has 2 aliphatic heterocycles. The molecule has 1 aromatic rings. The summed E-state index contributed by atoms with van der Waals surface area (Å²) >= 11 is 0. The molecular formula is C15H21NO3S. The molecule has 0 saturated carbocycles. The van der Waals surface area contributed by atoms with Crippen molar-refractivity contribution in [1.29, 1.82) is 0 Å². The minimum absolute atomic E-state index is 0.205. The van der Waals surface area contributed by atoms with Gasteiger partial charge in [-0.1, -0.05) is 12.1 Å². The van der Waals surface area contributed by atoms with Crippen LogP contribution in [0, 0.1) is 0 Å². The van der Waals surface area contributed by atoms with Gasteiger partial charge in [-0.3, -0.25) is 0 Å². The lowest BCUT2D eigenvalue weighted by molar-refractivity contribution is 0.0962. The number of nitrogens with one attached hydrogen (secondary N) is 1. The lowest BCUT2D eigenvalue weighted by atomic mass is 9.94. The highest BCUT2D eigenvalue weighted by Gasteiger charge is 2.40. The second kappa shape index (κ2) is 5.13. The molecule has 0 radical (unpaired) electrons. The summed E-state index contributed by atoms with van der Waals surface area (Å²) in [5, 5.41) is 3.61. The van der Waals surface area contributed by atoms with Gasteiger partial charge in [-0.15, -0.1) is 0 Å². The Hall–Kier alpha value is -0.910. The highest BCUT2D eigenvalue weighted by atomic mass is 32.2. The standard InChI is InChI=1S/C15H21NO3S/c1-10(16-14-9-12-5-8-15(14)19-12)11-3-6-13(7-4-11)20(2,17)18/h3-4,6-7,10,12,14-16H,5,8-9H2,1-2H3. The minimum Gasteiger partial charge on any atom is -0.373 e. The summed E-state index contributed by atoms with van der Waals surface area (Å²) in [7, 11) is -3.11. The zero-order valence-corrected chi connectivity index (χ0v) is 12.7. The van der Waals surface area contributed by atoms with E-state index in [1.807, 2.05) is 12.1 Å². The van der Waals surface area contributed by atoms with E-state index in [9.17, 15) is 8.42 Å². The molecular weight excluding hydrogens is 274 g/mol. The highest BCUT2D eigenvalue weighted by molar-refractivity contribution is 7.90. The van der Waals surface area contributed by atoms with Crippen molar-refractivity contribution in [2.75, 3.05) is 6.26 Å². The van der Waals surface area contributed by atoms with Crippen LogP contribution in [0.1, 0.15) is 37.8 Å². The van der Waals surface area contributed by atoms with E-state index in [2.05, 4.69) is 12.2 Å². The smallest absolute Gasteiger partial charge is 0.175 e. The first-order valence-corrected chi connectivity index (χ1v) is 9.04. The van der Waals surface area contributed by atoms with Crippen molar-refractivity contribution in [1.82, 2.24) is 5.32 Å². The first-order chi connectivity index (χ1) is 9.43. The Labute approximate surface area is 120 Å². The molecule has 1 N–H and O–H groups in total. The summed E-state index contributed by atoms with van der Waals surface area (Å²) in [5.41, 5.74) is 1.11. The molecule has 110 valence electrons. The van der Waals surface area contributed by atoms with Gasteiger partial charge in [-0.05, 0) is 43.9 Å². The van der Waals surface area contributed by atoms with Crippen LogP contribution in [-0.2, 0) is 14.6 Å². The third kappa shape index (κ3) is 2.75. The molecule has 2 heterocycles. The van der Waals surface area contributed by atoms with Crippen molar-refractivity contribution < 1.29 is 13.2 Å². The first kappa shape index (κ1) is 14.0. The number of ether oxygens (including phenoxy) is 1. The fourth-order valence-corrected chi connectivity index (χ4v) is 3.86. The lowest BCUT2D eigenvalue weighted by Gasteiger charge is -2.25. The predicted octanol–water partition coefficient (Wildman–Crippen LogP) is 2.06. The molecule has 0 aliphatic carbocycles. The van der Waals surface area contributed by atoms with Crippen LogP contribution < -0.4 is 5.32 Å². The van der Waals surface area contributed by atoms with Crippen molar-refractivity contribution >= 4 is 9.84 Å². The lowest BCUT2D eigenvalue weighted by Crippen LogP contribution is -2.38. The van der Waals surface area contributed by atoms with Gasteiger partial charge in [0.2, 0.25) is 0 Å². The van der Waals surface area contributed by atoms with Gasteiger partial charge in [-0.2, -0.15) is 0 Å². The van der Waals surface area contributed by atoms with Crippen LogP contribution in [0.2, 0.25) is 0 Å². The second-order valence-corrected chi connectivity index (χ2v) is 7.96. The minimum atomic E-state index is -3.11. The maximum Gasteiger partial charge on any atom is 0.175 e. The van der Waals surface area contributed by atoms with Gasteiger partial charge in [0.1, 0.15) is 0 Å². The quantitative estimate of drug-likeness (QED) is 0.924. The van der Waals surface area contributed by atoms with Crippen molar-refractivity contribution in [3.8, 4) is 0 Å². The Balaban J connectivity index is 1.67. The number of rotatable bonds is 4. The maximum atomic E-state index is 11.4. The molecule has 20 heavy (non-hydrogen) atoms. The fourth-order valence-electron chi connectivity index (χ4n) is 3.23. The number of hydrogen-bond acceptors (Lipinski definition) is 4. The van der Waals surface area contributed by atoms with Crippen molar-refractivity contribution in [3.63, 3.8) is 0 Å². The first-order valence-electron chi connectivity index (χ1n) is 7.15. The van der Waals surface area contributed by atoms with E-state index in [0.29, 0.717) is 23.1 Å². The Morgan fingerprint density at radius 3 is 2.45 bits per heavy atom. The molecule has 0 amide bonds. The Morgan fingerprint density at radius 1 is 1.25 bits per heavy atom. The molecule has 3 rings (SSSR count). The van der Waals surface area contributed by atoms with Crippen LogP contribution in [0.4, 0.5) is 0 Å². The molecule has 2 aliphatic rings. The van der Waals surface area contributed by atoms with Crippen LogP contribution in [0.3, 0.4) is 0 Å². The van der Waals surface area contributed by atoms with Crippen LogP contribution in [0.25, 0.3) is 0 Å². The topological polar surface area (TPSA) is 55.4 Å². The van der Waals surface area contributed by atoms with E-state index < -0.39 is 9.84 Å². The summed E-state index contributed by atoms with van der Waals surface area (Å²) in [6.45, 7) is 2.11. The summed E-state index contributed by atoms with van der Waals surface area (Å²) in [6.07, 6.45) is 5.48. The fraction of sp³-hybridized carbons (Fsp3) is 0.600. The Bertz CT molecular complexity index is 582. The SMILES string of the molecule is CC(NC1CC2CCC1O2)c1ccc(S(C)(=O)=O)cc1. The van der Waals surface area contributed by atoms with E-state index >= 15 is 0 Å². The normalized spacial score (nSPS) is 30.6. The third-order valence-electron chi connectivity index (χ3n) is 4.38. The van der Waals surface area contributed by atoms with Crippen LogP contribution >= 0.6 is 0 Å². The van der Waals surface area contributed by atoms with Crippen LogP contribution in [0.5, 0.6) is 0 Å². The second-order valence-electron chi connectivity index (χ2n) is 5.95. The van der Waals surface area contributed by atoms with Gasteiger partial charge in [0.15, 0.2) is 9.84 Å². The van der Waals surface area contributed by atoms with Crippen molar-refractivity contribution in [3.05, 3.63) is 29.8 Å². The maximum absolute atomic E-state index is 11.4.